The minimum Gasteiger partial charge on any atom is -0.475 e. The van der Waals surface area contributed by atoms with Crippen molar-refractivity contribution in [3.05, 3.63) is 63.7 Å². The van der Waals surface area contributed by atoms with Crippen molar-refractivity contribution in [3.8, 4) is 11.4 Å². The number of fused-ring (bicyclic) bond motifs is 1. The van der Waals surface area contributed by atoms with Crippen LogP contribution in [0.1, 0.15) is 35.1 Å². The molecule has 172 valence electrons. The minimum atomic E-state index is -4.78. The van der Waals surface area contributed by atoms with E-state index < -0.39 is 34.9 Å². The highest BCUT2D eigenvalue weighted by Crippen LogP contribution is 2.31. The van der Waals surface area contributed by atoms with E-state index in [0.29, 0.717) is 18.1 Å². The van der Waals surface area contributed by atoms with Gasteiger partial charge in [0, 0.05) is 12.7 Å². The fraction of sp³-hybridized carbons (Fsp3) is 0.250. The third kappa shape index (κ3) is 4.21. The fourth-order valence-corrected chi connectivity index (χ4v) is 3.36. The first-order valence-electron chi connectivity index (χ1n) is 9.70. The van der Waals surface area contributed by atoms with Gasteiger partial charge in [-0.1, -0.05) is 13.0 Å². The summed E-state index contributed by atoms with van der Waals surface area (Å²) in [4.78, 5) is 35.2. The van der Waals surface area contributed by atoms with Crippen LogP contribution in [-0.2, 0) is 19.3 Å². The maximum Gasteiger partial charge on any atom is 0.419 e. The molecule has 0 saturated heterocycles. The molecule has 2 N–H and O–H groups in total. The van der Waals surface area contributed by atoms with Crippen LogP contribution in [0.5, 0.6) is 0 Å². The van der Waals surface area contributed by atoms with E-state index in [-0.39, 0.29) is 35.6 Å². The summed E-state index contributed by atoms with van der Waals surface area (Å²) in [6.45, 7) is 1.94. The molecule has 0 saturated carbocycles. The number of carboxylic acids is 1. The number of nitrogens with one attached hydrogen (secondary N) is 1. The van der Waals surface area contributed by atoms with Gasteiger partial charge in [-0.25, -0.2) is 19.2 Å². The van der Waals surface area contributed by atoms with Crippen LogP contribution in [0.15, 0.2) is 35.4 Å². The van der Waals surface area contributed by atoms with Gasteiger partial charge < -0.3 is 10.1 Å². The molecule has 0 atom stereocenters. The van der Waals surface area contributed by atoms with Gasteiger partial charge in [-0.05, 0) is 24.1 Å². The summed E-state index contributed by atoms with van der Waals surface area (Å²) in [7, 11) is 0. The molecule has 4 aromatic rings. The lowest BCUT2D eigenvalue weighted by atomic mass is 10.1. The van der Waals surface area contributed by atoms with E-state index in [9.17, 15) is 32.3 Å². The Labute approximate surface area is 182 Å². The number of hydrogen-bond donors (Lipinski definition) is 2. The number of aromatic carboxylic acids is 1. The number of benzene rings is 1. The first kappa shape index (κ1) is 22.2. The van der Waals surface area contributed by atoms with Crippen molar-refractivity contribution < 1.29 is 27.5 Å². The molecule has 1 aromatic carbocycles. The Morgan fingerprint density at radius 1 is 1.24 bits per heavy atom. The Balaban J connectivity index is 1.65. The number of aromatic nitrogens is 6. The third-order valence-corrected chi connectivity index (χ3v) is 4.84. The highest BCUT2D eigenvalue weighted by atomic mass is 19.4. The second kappa shape index (κ2) is 8.15. The van der Waals surface area contributed by atoms with Gasteiger partial charge in [-0.2, -0.15) is 18.3 Å². The Hall–Kier alpha value is -4.03. The predicted octanol–water partition coefficient (Wildman–Crippen LogP) is 3.30. The van der Waals surface area contributed by atoms with Gasteiger partial charge in [-0.15, -0.1) is 0 Å². The molecule has 4 rings (SSSR count). The van der Waals surface area contributed by atoms with Gasteiger partial charge in [0.15, 0.2) is 11.2 Å². The lowest BCUT2D eigenvalue weighted by Gasteiger charge is -2.09. The molecule has 0 radical (unpaired) electrons. The van der Waals surface area contributed by atoms with E-state index in [1.54, 1.807) is 6.92 Å². The quantitative estimate of drug-likeness (QED) is 0.423. The van der Waals surface area contributed by atoms with Crippen LogP contribution < -0.4 is 5.56 Å². The number of carbonyl (C=O) groups is 1. The van der Waals surface area contributed by atoms with Crippen LogP contribution in [0, 0.1) is 5.82 Å². The summed E-state index contributed by atoms with van der Waals surface area (Å²) in [5.74, 6) is -2.96. The van der Waals surface area contributed by atoms with Gasteiger partial charge in [-0.3, -0.25) is 14.0 Å². The Morgan fingerprint density at radius 2 is 2.00 bits per heavy atom. The summed E-state index contributed by atoms with van der Waals surface area (Å²) in [6, 6.07) is 2.61. The molecule has 0 unspecified atom stereocenters. The van der Waals surface area contributed by atoms with Crippen LogP contribution in [0.2, 0.25) is 0 Å². The number of nitrogens with zero attached hydrogens (tertiary/aromatic N) is 5. The number of alkyl halides is 3. The number of carboxylic acid groups (broad SMARTS) is 1. The van der Waals surface area contributed by atoms with Crippen LogP contribution in [0.25, 0.3) is 22.6 Å². The Bertz CT molecular complexity index is 1420. The van der Waals surface area contributed by atoms with E-state index in [2.05, 4.69) is 20.1 Å². The van der Waals surface area contributed by atoms with E-state index in [0.717, 1.165) is 16.7 Å². The molecule has 33 heavy (non-hydrogen) atoms. The molecule has 13 heteroatoms. The van der Waals surface area contributed by atoms with E-state index >= 15 is 0 Å². The summed E-state index contributed by atoms with van der Waals surface area (Å²) in [6.07, 6.45) is -1.38. The van der Waals surface area contributed by atoms with Crippen LogP contribution in [0.3, 0.4) is 0 Å². The second-order valence-corrected chi connectivity index (χ2v) is 7.22. The lowest BCUT2D eigenvalue weighted by Crippen LogP contribution is -2.27. The summed E-state index contributed by atoms with van der Waals surface area (Å²) >= 11 is 0. The molecule has 3 heterocycles. The Morgan fingerprint density at radius 3 is 2.64 bits per heavy atom. The molecule has 0 aliphatic rings. The normalized spacial score (nSPS) is 11.9. The first-order chi connectivity index (χ1) is 15.6. The molecule has 9 nitrogen and oxygen atoms in total. The molecule has 0 aliphatic carbocycles. The van der Waals surface area contributed by atoms with Crippen molar-refractivity contribution in [1.29, 1.82) is 0 Å². The first-order valence-corrected chi connectivity index (χ1v) is 9.70. The maximum absolute atomic E-state index is 13.8. The summed E-state index contributed by atoms with van der Waals surface area (Å²) < 4.78 is 54.4. The number of halogens is 4. The average Bonchev–Trinajstić information content (AvgIpc) is 3.36. The molecule has 3 aromatic heterocycles. The van der Waals surface area contributed by atoms with Crippen molar-refractivity contribution in [2.24, 2.45) is 0 Å². The third-order valence-electron chi connectivity index (χ3n) is 4.84. The van der Waals surface area contributed by atoms with Crippen molar-refractivity contribution in [2.45, 2.75) is 32.6 Å². The van der Waals surface area contributed by atoms with Gasteiger partial charge >= 0.3 is 12.1 Å². The topological polar surface area (TPSA) is 119 Å². The SMILES string of the molecule is CCCn1c(C(=O)O)nc2nc(-c3cnn(Cc4ccc(C(F)(F)F)c(F)c4)c3)[nH]c2c1=O. The summed E-state index contributed by atoms with van der Waals surface area (Å²) in [5, 5.41) is 13.5. The van der Waals surface area contributed by atoms with E-state index in [4.69, 9.17) is 0 Å². The second-order valence-electron chi connectivity index (χ2n) is 7.22. The number of rotatable bonds is 6. The van der Waals surface area contributed by atoms with Gasteiger partial charge in [0.25, 0.3) is 5.56 Å². The zero-order chi connectivity index (χ0) is 23.9. The zero-order valence-corrected chi connectivity index (χ0v) is 17.0. The lowest BCUT2D eigenvalue weighted by molar-refractivity contribution is -0.140. The molecular formula is C20H16F4N6O3. The number of imidazole rings is 1. The van der Waals surface area contributed by atoms with Crippen LogP contribution in [-0.4, -0.2) is 40.4 Å². The highest BCUT2D eigenvalue weighted by Gasteiger charge is 2.33. The summed E-state index contributed by atoms with van der Waals surface area (Å²) in [5.41, 5.74) is -1.30. The Kier molecular flexibility index (Phi) is 5.47. The van der Waals surface area contributed by atoms with Crippen molar-refractivity contribution in [2.75, 3.05) is 0 Å². The minimum absolute atomic E-state index is 0.0139. The van der Waals surface area contributed by atoms with E-state index in [1.165, 1.54) is 17.1 Å². The predicted molar refractivity (Wildman–Crippen MR) is 107 cm³/mol. The average molecular weight is 464 g/mol. The number of H-pyrrole nitrogens is 1. The molecule has 0 spiro atoms. The number of aromatic amines is 1. The largest absolute Gasteiger partial charge is 0.475 e. The number of hydrogen-bond acceptors (Lipinski definition) is 5. The fourth-order valence-electron chi connectivity index (χ4n) is 3.36. The van der Waals surface area contributed by atoms with Gasteiger partial charge in [0.05, 0.1) is 23.9 Å². The maximum atomic E-state index is 13.8. The van der Waals surface area contributed by atoms with Crippen molar-refractivity contribution >= 4 is 17.1 Å². The van der Waals surface area contributed by atoms with Gasteiger partial charge in [0.2, 0.25) is 5.82 Å². The van der Waals surface area contributed by atoms with Crippen molar-refractivity contribution in [3.63, 3.8) is 0 Å². The molecule has 0 aliphatic heterocycles. The van der Waals surface area contributed by atoms with E-state index in [1.807, 2.05) is 0 Å². The molecule has 0 amide bonds. The molecular weight excluding hydrogens is 448 g/mol. The smallest absolute Gasteiger partial charge is 0.419 e. The monoisotopic (exact) mass is 464 g/mol. The molecule has 0 fully saturated rings. The highest BCUT2D eigenvalue weighted by molar-refractivity contribution is 5.86. The van der Waals surface area contributed by atoms with Crippen LogP contribution in [0.4, 0.5) is 17.6 Å². The van der Waals surface area contributed by atoms with Gasteiger partial charge in [0.1, 0.15) is 11.6 Å². The van der Waals surface area contributed by atoms with Crippen LogP contribution >= 0.6 is 0 Å². The van der Waals surface area contributed by atoms with Crippen molar-refractivity contribution in [1.82, 2.24) is 29.3 Å². The zero-order valence-electron chi connectivity index (χ0n) is 17.0. The molecule has 0 bridgehead atoms. The standard InChI is InChI=1S/C20H16F4N6O3/c1-2-5-30-17(19(32)33)28-16-14(18(30)31)26-15(27-16)11-7-25-29(9-11)8-10-3-4-12(13(21)6-10)20(22,23)24/h3-4,6-7,9H,2,5,8H2,1H3,(H,26,27)(H,32,33).